The van der Waals surface area contributed by atoms with Crippen molar-refractivity contribution in [3.05, 3.63) is 99.3 Å². The standard InChI is InChI=1S/C29H30Cl2FN3O4S/c1-40(38,39)35(24-14-20(13-23(32)15-24)29(37)33-26-3-2-4-27(26)36)25-16-34(17-25)28(18-5-9-21(30)10-6-18)19-7-11-22(31)12-8-19/h5-15,25-28,36H,2-4,16-17H2,1H3,(H,33,37)/t26-,27+/m1/s1. The summed E-state index contributed by atoms with van der Waals surface area (Å²) in [6, 6.07) is 17.5. The monoisotopic (exact) mass is 605 g/mol. The van der Waals surface area contributed by atoms with Gasteiger partial charge in [-0.2, -0.15) is 0 Å². The highest BCUT2D eigenvalue weighted by Crippen LogP contribution is 2.37. The van der Waals surface area contributed by atoms with Crippen LogP contribution in [0.2, 0.25) is 10.0 Å². The van der Waals surface area contributed by atoms with Crippen LogP contribution in [0.5, 0.6) is 0 Å². The minimum Gasteiger partial charge on any atom is -0.391 e. The number of hydrogen-bond donors (Lipinski definition) is 2. The number of amides is 1. The molecule has 1 heterocycles. The van der Waals surface area contributed by atoms with Gasteiger partial charge in [0, 0.05) is 28.7 Å². The third kappa shape index (κ3) is 6.29. The molecule has 5 rings (SSSR count). The van der Waals surface area contributed by atoms with E-state index in [0.717, 1.165) is 35.9 Å². The SMILES string of the molecule is CS(=O)(=O)N(c1cc(F)cc(C(=O)N[C@@H]2CCC[C@@H]2O)c1)C1CN(C(c2ccc(Cl)cc2)c2ccc(Cl)cc2)C1. The number of nitrogens with one attached hydrogen (secondary N) is 1. The number of aliphatic hydroxyl groups excluding tert-OH is 1. The van der Waals surface area contributed by atoms with Gasteiger partial charge in [0.05, 0.1) is 36.2 Å². The van der Waals surface area contributed by atoms with E-state index in [1.165, 1.54) is 10.4 Å². The Bertz CT molecular complexity index is 1440. The van der Waals surface area contributed by atoms with Crippen LogP contribution in [0.3, 0.4) is 0 Å². The zero-order chi connectivity index (χ0) is 28.6. The van der Waals surface area contributed by atoms with E-state index in [4.69, 9.17) is 23.2 Å². The molecule has 11 heteroatoms. The number of halogens is 3. The van der Waals surface area contributed by atoms with Crippen LogP contribution in [0, 0.1) is 5.82 Å². The van der Waals surface area contributed by atoms with Crippen molar-refractivity contribution in [3.8, 4) is 0 Å². The molecular weight excluding hydrogens is 576 g/mol. The van der Waals surface area contributed by atoms with Gasteiger partial charge in [-0.25, -0.2) is 12.8 Å². The summed E-state index contributed by atoms with van der Waals surface area (Å²) < 4.78 is 41.9. The third-order valence-electron chi connectivity index (χ3n) is 7.51. The number of likely N-dealkylation sites (tertiary alicyclic amines) is 1. The summed E-state index contributed by atoms with van der Waals surface area (Å²) in [6.45, 7) is 0.741. The molecule has 212 valence electrons. The van der Waals surface area contributed by atoms with Crippen LogP contribution in [0.1, 0.15) is 46.8 Å². The summed E-state index contributed by atoms with van der Waals surface area (Å²) in [5.74, 6) is -1.28. The second-order valence-electron chi connectivity index (χ2n) is 10.4. The Kier molecular flexibility index (Phi) is 8.40. The largest absolute Gasteiger partial charge is 0.391 e. The molecule has 40 heavy (non-hydrogen) atoms. The van der Waals surface area contributed by atoms with Crippen LogP contribution in [-0.2, 0) is 10.0 Å². The number of hydrogen-bond acceptors (Lipinski definition) is 5. The van der Waals surface area contributed by atoms with E-state index in [1.807, 2.05) is 48.5 Å². The normalized spacial score (nSPS) is 19.9. The summed E-state index contributed by atoms with van der Waals surface area (Å²) in [5, 5.41) is 14.0. The van der Waals surface area contributed by atoms with Gasteiger partial charge in [-0.1, -0.05) is 47.5 Å². The molecule has 2 fully saturated rings. The lowest BCUT2D eigenvalue weighted by atomic mass is 9.93. The summed E-state index contributed by atoms with van der Waals surface area (Å²) >= 11 is 12.2. The van der Waals surface area contributed by atoms with E-state index in [0.29, 0.717) is 36.0 Å². The molecule has 2 N–H and O–H groups in total. The fraction of sp³-hybridized carbons (Fsp3) is 0.345. The van der Waals surface area contributed by atoms with Crippen molar-refractivity contribution in [2.45, 2.75) is 43.5 Å². The van der Waals surface area contributed by atoms with Crippen LogP contribution in [0.25, 0.3) is 0 Å². The number of sulfonamides is 1. The fourth-order valence-corrected chi connectivity index (χ4v) is 7.03. The molecule has 2 atom stereocenters. The average molecular weight is 607 g/mol. The summed E-state index contributed by atoms with van der Waals surface area (Å²) in [6.07, 6.45) is 2.43. The zero-order valence-electron chi connectivity index (χ0n) is 21.8. The Hall–Kier alpha value is -2.69. The van der Waals surface area contributed by atoms with E-state index >= 15 is 0 Å². The molecule has 1 aliphatic heterocycles. The van der Waals surface area contributed by atoms with Gasteiger partial charge in [0.15, 0.2) is 0 Å². The molecule has 1 saturated heterocycles. The van der Waals surface area contributed by atoms with Gasteiger partial charge in [0.2, 0.25) is 10.0 Å². The second kappa shape index (κ2) is 11.7. The Balaban J connectivity index is 1.40. The lowest BCUT2D eigenvalue weighted by Crippen LogP contribution is -2.61. The highest BCUT2D eigenvalue weighted by atomic mass is 35.5. The van der Waals surface area contributed by atoms with Gasteiger partial charge in [0.1, 0.15) is 5.82 Å². The van der Waals surface area contributed by atoms with Crippen molar-refractivity contribution in [2.24, 2.45) is 0 Å². The molecule has 0 spiro atoms. The van der Waals surface area contributed by atoms with Gasteiger partial charge >= 0.3 is 0 Å². The number of carbonyl (C=O) groups is 1. The van der Waals surface area contributed by atoms with E-state index in [9.17, 15) is 22.7 Å². The maximum atomic E-state index is 14.7. The van der Waals surface area contributed by atoms with E-state index in [-0.39, 0.29) is 17.3 Å². The van der Waals surface area contributed by atoms with Crippen LogP contribution in [-0.4, -0.2) is 61.9 Å². The molecular formula is C29H30Cl2FN3O4S. The van der Waals surface area contributed by atoms with E-state index in [1.54, 1.807) is 0 Å². The highest BCUT2D eigenvalue weighted by Gasteiger charge is 2.41. The first-order valence-electron chi connectivity index (χ1n) is 13.0. The molecule has 3 aromatic carbocycles. The van der Waals surface area contributed by atoms with Crippen molar-refractivity contribution in [2.75, 3.05) is 23.7 Å². The predicted molar refractivity (Wildman–Crippen MR) is 155 cm³/mol. The number of rotatable bonds is 8. The number of aliphatic hydroxyl groups is 1. The number of benzene rings is 3. The molecule has 1 saturated carbocycles. The number of carbonyl (C=O) groups excluding carboxylic acids is 1. The lowest BCUT2D eigenvalue weighted by Gasteiger charge is -2.48. The predicted octanol–water partition coefficient (Wildman–Crippen LogP) is 5.02. The van der Waals surface area contributed by atoms with Crippen LogP contribution in [0.4, 0.5) is 10.1 Å². The first kappa shape index (κ1) is 28.8. The summed E-state index contributed by atoms with van der Waals surface area (Å²) in [7, 11) is -3.82. The fourth-order valence-electron chi connectivity index (χ4n) is 5.62. The van der Waals surface area contributed by atoms with Crippen LogP contribution in [0.15, 0.2) is 66.7 Å². The lowest BCUT2D eigenvalue weighted by molar-refractivity contribution is 0.0872. The zero-order valence-corrected chi connectivity index (χ0v) is 24.1. The van der Waals surface area contributed by atoms with Crippen molar-refractivity contribution < 1.29 is 22.7 Å². The quantitative estimate of drug-likeness (QED) is 0.376. The molecule has 2 aliphatic rings. The molecule has 7 nitrogen and oxygen atoms in total. The topological polar surface area (TPSA) is 90.0 Å². The first-order chi connectivity index (χ1) is 19.0. The number of nitrogens with zero attached hydrogens (tertiary/aromatic N) is 2. The maximum absolute atomic E-state index is 14.7. The molecule has 0 aromatic heterocycles. The van der Waals surface area contributed by atoms with Crippen molar-refractivity contribution in [1.29, 1.82) is 0 Å². The van der Waals surface area contributed by atoms with Gasteiger partial charge < -0.3 is 10.4 Å². The molecule has 3 aromatic rings. The smallest absolute Gasteiger partial charge is 0.251 e. The van der Waals surface area contributed by atoms with E-state index in [2.05, 4.69) is 10.2 Å². The maximum Gasteiger partial charge on any atom is 0.251 e. The van der Waals surface area contributed by atoms with Gasteiger partial charge in [0.25, 0.3) is 5.91 Å². The van der Waals surface area contributed by atoms with E-state index < -0.39 is 39.9 Å². The van der Waals surface area contributed by atoms with Crippen molar-refractivity contribution in [3.63, 3.8) is 0 Å². The van der Waals surface area contributed by atoms with Gasteiger partial charge in [-0.15, -0.1) is 0 Å². The molecule has 1 amide bonds. The average Bonchev–Trinajstić information content (AvgIpc) is 3.27. The molecule has 0 unspecified atom stereocenters. The van der Waals surface area contributed by atoms with Gasteiger partial charge in [-0.05, 0) is 72.9 Å². The molecule has 0 radical (unpaired) electrons. The summed E-state index contributed by atoms with van der Waals surface area (Å²) in [5.41, 5.74) is 2.04. The summed E-state index contributed by atoms with van der Waals surface area (Å²) in [4.78, 5) is 15.0. The first-order valence-corrected chi connectivity index (χ1v) is 15.6. The highest BCUT2D eigenvalue weighted by molar-refractivity contribution is 7.92. The minimum absolute atomic E-state index is 0.000801. The Morgan fingerprint density at radius 1 is 1.00 bits per heavy atom. The molecule has 1 aliphatic carbocycles. The number of anilines is 1. The van der Waals surface area contributed by atoms with Crippen LogP contribution < -0.4 is 9.62 Å². The Morgan fingerprint density at radius 2 is 1.57 bits per heavy atom. The minimum atomic E-state index is -3.82. The third-order valence-corrected chi connectivity index (χ3v) is 9.24. The van der Waals surface area contributed by atoms with Crippen LogP contribution >= 0.6 is 23.2 Å². The van der Waals surface area contributed by atoms with Gasteiger partial charge in [-0.3, -0.25) is 14.0 Å². The molecule has 0 bridgehead atoms. The Morgan fingerprint density at radius 3 is 2.08 bits per heavy atom. The van der Waals surface area contributed by atoms with Crippen molar-refractivity contribution >= 4 is 44.8 Å². The Labute approximate surface area is 243 Å². The second-order valence-corrected chi connectivity index (χ2v) is 13.2. The van der Waals surface area contributed by atoms with Crippen molar-refractivity contribution in [1.82, 2.24) is 10.2 Å².